The first-order valence-electron chi connectivity index (χ1n) is 12.3. The minimum Gasteiger partial charge on any atom is -0.463 e. The summed E-state index contributed by atoms with van der Waals surface area (Å²) in [7, 11) is 0. The number of piperidine rings is 1. The van der Waals surface area contributed by atoms with Crippen LogP contribution in [0.2, 0.25) is 0 Å². The van der Waals surface area contributed by atoms with Gasteiger partial charge >= 0.3 is 0 Å². The monoisotopic (exact) mass is 466 g/mol. The van der Waals surface area contributed by atoms with Crippen LogP contribution in [0.15, 0.2) is 95.6 Å². The summed E-state index contributed by atoms with van der Waals surface area (Å²) in [6, 6.07) is 28.7. The Morgan fingerprint density at radius 1 is 0.886 bits per heavy atom. The van der Waals surface area contributed by atoms with Crippen molar-refractivity contribution in [2.75, 3.05) is 24.5 Å². The maximum Gasteiger partial charge on any atom is 0.223 e. The number of anilines is 1. The molecule has 0 saturated carbocycles. The van der Waals surface area contributed by atoms with E-state index in [4.69, 9.17) is 4.42 Å². The van der Waals surface area contributed by atoms with Crippen LogP contribution in [-0.2, 0) is 4.79 Å². The normalized spacial score (nSPS) is 14.3. The van der Waals surface area contributed by atoms with Crippen molar-refractivity contribution in [2.45, 2.75) is 25.2 Å². The van der Waals surface area contributed by atoms with Crippen molar-refractivity contribution in [3.05, 3.63) is 102 Å². The largest absolute Gasteiger partial charge is 0.463 e. The number of hydrogen-bond acceptors (Lipinski definition) is 5. The maximum absolute atomic E-state index is 12.9. The zero-order valence-corrected chi connectivity index (χ0v) is 19.7. The van der Waals surface area contributed by atoms with Crippen LogP contribution < -0.4 is 10.2 Å². The van der Waals surface area contributed by atoms with Crippen LogP contribution in [0.5, 0.6) is 0 Å². The number of rotatable bonds is 8. The highest BCUT2D eigenvalue weighted by atomic mass is 16.3. The molecule has 0 radical (unpaired) electrons. The summed E-state index contributed by atoms with van der Waals surface area (Å²) >= 11 is 0. The highest BCUT2D eigenvalue weighted by Crippen LogP contribution is 2.28. The molecule has 6 heteroatoms. The molecule has 1 fully saturated rings. The number of nitrogens with one attached hydrogen (secondary N) is 1. The second kappa shape index (κ2) is 11.0. The van der Waals surface area contributed by atoms with Crippen molar-refractivity contribution in [3.8, 4) is 11.5 Å². The Labute approximate surface area is 206 Å². The van der Waals surface area contributed by atoms with Gasteiger partial charge in [0.15, 0.2) is 11.6 Å². The Hall–Kier alpha value is -3.93. The molecule has 2 aromatic carbocycles. The van der Waals surface area contributed by atoms with E-state index < -0.39 is 0 Å². The van der Waals surface area contributed by atoms with Crippen LogP contribution in [0, 0.1) is 5.92 Å². The Bertz CT molecular complexity index is 1150. The summed E-state index contributed by atoms with van der Waals surface area (Å²) in [5, 5.41) is 11.9. The second-order valence-electron chi connectivity index (χ2n) is 8.97. The third-order valence-corrected chi connectivity index (χ3v) is 6.75. The number of aromatic nitrogens is 2. The fourth-order valence-electron chi connectivity index (χ4n) is 4.80. The lowest BCUT2D eigenvalue weighted by Crippen LogP contribution is -2.41. The number of amides is 1. The number of furan rings is 1. The number of carbonyl (C=O) groups excluding carboxylic acids is 1. The molecule has 4 aromatic rings. The zero-order chi connectivity index (χ0) is 23.9. The van der Waals surface area contributed by atoms with Crippen molar-refractivity contribution in [2.24, 2.45) is 5.92 Å². The molecule has 1 aliphatic rings. The van der Waals surface area contributed by atoms with Crippen LogP contribution in [0.1, 0.15) is 36.3 Å². The zero-order valence-electron chi connectivity index (χ0n) is 19.7. The molecule has 1 aliphatic heterocycles. The lowest BCUT2D eigenvalue weighted by Gasteiger charge is -2.32. The first kappa shape index (κ1) is 22.8. The third-order valence-electron chi connectivity index (χ3n) is 6.75. The van der Waals surface area contributed by atoms with Crippen LogP contribution in [0.25, 0.3) is 11.5 Å². The molecule has 3 heterocycles. The van der Waals surface area contributed by atoms with Crippen molar-refractivity contribution in [1.29, 1.82) is 0 Å². The molecule has 1 saturated heterocycles. The van der Waals surface area contributed by atoms with E-state index in [9.17, 15) is 4.79 Å². The van der Waals surface area contributed by atoms with E-state index in [-0.39, 0.29) is 17.7 Å². The molecule has 0 aliphatic carbocycles. The lowest BCUT2D eigenvalue weighted by molar-refractivity contribution is -0.125. The van der Waals surface area contributed by atoms with Crippen molar-refractivity contribution >= 4 is 11.7 Å². The van der Waals surface area contributed by atoms with E-state index in [2.05, 4.69) is 68.9 Å². The summed E-state index contributed by atoms with van der Waals surface area (Å²) in [6.45, 7) is 2.25. The van der Waals surface area contributed by atoms with E-state index in [0.717, 1.165) is 43.9 Å². The van der Waals surface area contributed by atoms with Gasteiger partial charge in [-0.05, 0) is 54.7 Å². The first-order valence-corrected chi connectivity index (χ1v) is 12.3. The van der Waals surface area contributed by atoms with Gasteiger partial charge in [0.1, 0.15) is 5.69 Å². The average Bonchev–Trinajstić information content (AvgIpc) is 3.47. The fourth-order valence-corrected chi connectivity index (χ4v) is 4.80. The highest BCUT2D eigenvalue weighted by Gasteiger charge is 2.26. The molecule has 178 valence electrons. The van der Waals surface area contributed by atoms with Crippen LogP contribution in [0.3, 0.4) is 0 Å². The predicted molar refractivity (Wildman–Crippen MR) is 137 cm³/mol. The van der Waals surface area contributed by atoms with Crippen molar-refractivity contribution in [3.63, 3.8) is 0 Å². The Morgan fingerprint density at radius 2 is 1.57 bits per heavy atom. The molecule has 0 unspecified atom stereocenters. The molecule has 0 bridgehead atoms. The van der Waals surface area contributed by atoms with Crippen molar-refractivity contribution < 1.29 is 9.21 Å². The Morgan fingerprint density at radius 3 is 2.14 bits per heavy atom. The minimum atomic E-state index is 0.0356. The third kappa shape index (κ3) is 5.60. The van der Waals surface area contributed by atoms with Gasteiger partial charge in [-0.3, -0.25) is 4.79 Å². The predicted octanol–water partition coefficient (Wildman–Crippen LogP) is 5.29. The van der Waals surface area contributed by atoms with Crippen molar-refractivity contribution in [1.82, 2.24) is 15.5 Å². The topological polar surface area (TPSA) is 71.3 Å². The standard InChI is InChI=1S/C29H30N4O2/c34-29(30-18-15-25(22-8-3-1-4-9-22)23-10-5-2-6-11-23)24-16-19-33(20-17-24)28-14-13-26(31-32-28)27-12-7-21-35-27/h1-14,21,24-25H,15-20H2,(H,30,34). The van der Waals surface area contributed by atoms with Gasteiger partial charge < -0.3 is 14.6 Å². The minimum absolute atomic E-state index is 0.0356. The highest BCUT2D eigenvalue weighted by molar-refractivity contribution is 5.79. The molecule has 1 N–H and O–H groups in total. The van der Waals surface area contributed by atoms with Gasteiger partial charge in [0.2, 0.25) is 5.91 Å². The molecule has 5 rings (SSSR count). The van der Waals surface area contributed by atoms with E-state index in [0.29, 0.717) is 12.3 Å². The van der Waals surface area contributed by atoms with Crippen LogP contribution in [0.4, 0.5) is 5.82 Å². The average molecular weight is 467 g/mol. The molecule has 6 nitrogen and oxygen atoms in total. The quantitative estimate of drug-likeness (QED) is 0.382. The Kier molecular flexibility index (Phi) is 7.18. The van der Waals surface area contributed by atoms with E-state index in [1.165, 1.54) is 11.1 Å². The van der Waals surface area contributed by atoms with Gasteiger partial charge in [0.05, 0.1) is 6.26 Å². The molecule has 2 aromatic heterocycles. The summed E-state index contributed by atoms with van der Waals surface area (Å²) in [4.78, 5) is 15.1. The van der Waals surface area contributed by atoms with E-state index in [1.54, 1.807) is 6.26 Å². The SMILES string of the molecule is O=C(NCCC(c1ccccc1)c1ccccc1)C1CCN(c2ccc(-c3ccco3)nn2)CC1. The van der Waals surface area contributed by atoms with Gasteiger partial charge in [-0.15, -0.1) is 10.2 Å². The number of benzene rings is 2. The summed E-state index contributed by atoms with van der Waals surface area (Å²) < 4.78 is 5.38. The van der Waals surface area contributed by atoms with Gasteiger partial charge in [0, 0.05) is 31.5 Å². The maximum atomic E-state index is 12.9. The summed E-state index contributed by atoms with van der Waals surface area (Å²) in [6.07, 6.45) is 4.13. The van der Waals surface area contributed by atoms with Gasteiger partial charge in [-0.25, -0.2) is 0 Å². The summed E-state index contributed by atoms with van der Waals surface area (Å²) in [5.74, 6) is 2.01. The smallest absolute Gasteiger partial charge is 0.223 e. The van der Waals surface area contributed by atoms with E-state index in [1.807, 2.05) is 36.4 Å². The van der Waals surface area contributed by atoms with Gasteiger partial charge in [-0.2, -0.15) is 0 Å². The second-order valence-corrected chi connectivity index (χ2v) is 8.97. The fraction of sp³-hybridized carbons (Fsp3) is 0.276. The molecule has 0 atom stereocenters. The molecule has 1 amide bonds. The lowest BCUT2D eigenvalue weighted by atomic mass is 9.88. The number of carbonyl (C=O) groups is 1. The summed E-state index contributed by atoms with van der Waals surface area (Å²) in [5.41, 5.74) is 3.28. The molecule has 0 spiro atoms. The Balaban J connectivity index is 1.12. The van der Waals surface area contributed by atoms with E-state index >= 15 is 0 Å². The van der Waals surface area contributed by atoms with Gasteiger partial charge in [0.25, 0.3) is 0 Å². The molecular formula is C29H30N4O2. The van der Waals surface area contributed by atoms with Gasteiger partial charge in [-0.1, -0.05) is 60.7 Å². The molecule has 35 heavy (non-hydrogen) atoms. The van der Waals surface area contributed by atoms with Crippen LogP contribution >= 0.6 is 0 Å². The molecular weight excluding hydrogens is 436 g/mol. The first-order chi connectivity index (χ1) is 17.3. The van der Waals surface area contributed by atoms with Crippen LogP contribution in [-0.4, -0.2) is 35.7 Å². The number of hydrogen-bond donors (Lipinski definition) is 1. The number of nitrogens with zero attached hydrogens (tertiary/aromatic N) is 3.